The van der Waals surface area contributed by atoms with Gasteiger partial charge >= 0.3 is 0 Å². The Morgan fingerprint density at radius 2 is 2.00 bits per heavy atom. The first-order valence-electron chi connectivity index (χ1n) is 10.2. The van der Waals surface area contributed by atoms with Gasteiger partial charge < -0.3 is 19.6 Å². The molecule has 0 aliphatic carbocycles. The summed E-state index contributed by atoms with van der Waals surface area (Å²) in [6.45, 7) is 2.13. The van der Waals surface area contributed by atoms with E-state index in [0.717, 1.165) is 12.8 Å². The number of aromatic nitrogens is 1. The molecule has 162 valence electrons. The van der Waals surface area contributed by atoms with E-state index in [1.54, 1.807) is 17.0 Å². The maximum Gasteiger partial charge on any atom is 0.270 e. The zero-order valence-electron chi connectivity index (χ0n) is 16.7. The van der Waals surface area contributed by atoms with Crippen LogP contribution in [-0.4, -0.2) is 60.6 Å². The molecule has 2 aromatic rings. The van der Waals surface area contributed by atoms with E-state index >= 15 is 0 Å². The van der Waals surface area contributed by atoms with Gasteiger partial charge in [-0.15, -0.1) is 0 Å². The lowest BCUT2D eigenvalue weighted by Gasteiger charge is -2.30. The maximum atomic E-state index is 13.1. The molecular weight excluding hydrogens is 408 g/mol. The highest BCUT2D eigenvalue weighted by Crippen LogP contribution is 2.25. The van der Waals surface area contributed by atoms with E-state index in [1.807, 2.05) is 0 Å². The topological polar surface area (TPSA) is 116 Å². The highest BCUT2D eigenvalue weighted by atomic mass is 32.2. The monoisotopic (exact) mass is 434 g/mol. The lowest BCUT2D eigenvalue weighted by Crippen LogP contribution is -2.45. The van der Waals surface area contributed by atoms with Gasteiger partial charge in [-0.25, -0.2) is 8.42 Å². The third-order valence-corrected chi connectivity index (χ3v) is 7.53. The van der Waals surface area contributed by atoms with E-state index in [-0.39, 0.29) is 35.5 Å². The predicted molar refractivity (Wildman–Crippen MR) is 108 cm³/mol. The first-order valence-corrected chi connectivity index (χ1v) is 11.7. The Morgan fingerprint density at radius 3 is 2.73 bits per heavy atom. The number of hydrogen-bond donors (Lipinski definition) is 2. The minimum atomic E-state index is -3.79. The molecule has 4 rings (SSSR count). The summed E-state index contributed by atoms with van der Waals surface area (Å²) in [6, 6.07) is 4.91. The number of nitrogens with zero attached hydrogens (tertiary/aromatic N) is 2. The summed E-state index contributed by atoms with van der Waals surface area (Å²) in [5, 5.41) is 2.81. The van der Waals surface area contributed by atoms with Crippen LogP contribution >= 0.6 is 0 Å². The van der Waals surface area contributed by atoms with Crippen molar-refractivity contribution in [1.82, 2.24) is 19.5 Å². The van der Waals surface area contributed by atoms with E-state index < -0.39 is 15.9 Å². The highest BCUT2D eigenvalue weighted by molar-refractivity contribution is 7.89. The first kappa shape index (κ1) is 20.7. The quantitative estimate of drug-likeness (QED) is 0.716. The number of rotatable bonds is 6. The molecule has 10 heteroatoms. The minimum absolute atomic E-state index is 0.0571. The highest BCUT2D eigenvalue weighted by Gasteiger charge is 2.34. The molecule has 0 unspecified atom stereocenters. The molecule has 2 aliphatic rings. The number of piperidine rings is 1. The van der Waals surface area contributed by atoms with Crippen molar-refractivity contribution in [3.05, 3.63) is 42.1 Å². The van der Waals surface area contributed by atoms with E-state index in [4.69, 9.17) is 4.42 Å². The lowest BCUT2D eigenvalue weighted by atomic mass is 9.99. The van der Waals surface area contributed by atoms with Crippen LogP contribution < -0.4 is 5.32 Å². The molecule has 0 bridgehead atoms. The Labute approximate surface area is 175 Å². The van der Waals surface area contributed by atoms with E-state index in [0.29, 0.717) is 38.2 Å². The summed E-state index contributed by atoms with van der Waals surface area (Å²) in [6.07, 6.45) is 6.06. The standard InChI is InChI=1S/C20H26N4O5S/c25-19(22-12-16-6-4-10-29-16)15-5-3-9-24(14-15)30(27,28)17-11-18(21-13-17)20(26)23-7-1-2-8-23/h4,6,10-11,13,15,21H,1-3,5,7-9,12,14H2,(H,22,25)/t15-/m0/s1. The van der Waals surface area contributed by atoms with Crippen LogP contribution in [0.5, 0.6) is 0 Å². The summed E-state index contributed by atoms with van der Waals surface area (Å²) in [4.78, 5) is 29.6. The molecule has 2 fully saturated rings. The zero-order chi connectivity index (χ0) is 21.1. The van der Waals surface area contributed by atoms with Crippen molar-refractivity contribution < 1.29 is 22.4 Å². The summed E-state index contributed by atoms with van der Waals surface area (Å²) in [5.74, 6) is -0.146. The van der Waals surface area contributed by atoms with Gasteiger partial charge in [0.05, 0.1) is 18.7 Å². The Balaban J connectivity index is 1.41. The normalized spacial score (nSPS) is 20.4. The second kappa shape index (κ2) is 8.65. The maximum absolute atomic E-state index is 13.1. The van der Waals surface area contributed by atoms with Gasteiger partial charge in [-0.05, 0) is 43.9 Å². The van der Waals surface area contributed by atoms with E-state index in [9.17, 15) is 18.0 Å². The average molecular weight is 435 g/mol. The molecule has 9 nitrogen and oxygen atoms in total. The van der Waals surface area contributed by atoms with Crippen molar-refractivity contribution in [2.24, 2.45) is 5.92 Å². The van der Waals surface area contributed by atoms with Crippen LogP contribution in [0.15, 0.2) is 40.0 Å². The van der Waals surface area contributed by atoms with E-state index in [1.165, 1.54) is 22.8 Å². The molecule has 2 saturated heterocycles. The van der Waals surface area contributed by atoms with Gasteiger partial charge in [0.15, 0.2) is 0 Å². The number of aromatic amines is 1. The number of carbonyl (C=O) groups is 2. The third-order valence-electron chi connectivity index (χ3n) is 5.69. The SMILES string of the molecule is O=C(NCc1ccco1)[C@H]1CCCN(S(=O)(=O)c2c[nH]c(C(=O)N3CCCC3)c2)C1. The molecule has 4 heterocycles. The Hall–Kier alpha value is -2.59. The number of hydrogen-bond acceptors (Lipinski definition) is 5. The molecular formula is C20H26N4O5S. The number of amides is 2. The number of H-pyrrole nitrogens is 1. The van der Waals surface area contributed by atoms with Gasteiger partial charge in [-0.1, -0.05) is 0 Å². The Kier molecular flexibility index (Phi) is 5.96. The predicted octanol–water partition coefficient (Wildman–Crippen LogP) is 1.56. The van der Waals surface area contributed by atoms with Crippen LogP contribution in [0.3, 0.4) is 0 Å². The van der Waals surface area contributed by atoms with Gasteiger partial charge in [0.1, 0.15) is 16.3 Å². The second-order valence-electron chi connectivity index (χ2n) is 7.75. The summed E-state index contributed by atoms with van der Waals surface area (Å²) >= 11 is 0. The molecule has 0 saturated carbocycles. The molecule has 0 spiro atoms. The summed E-state index contributed by atoms with van der Waals surface area (Å²) < 4.78 is 32.7. The van der Waals surface area contributed by atoms with Gasteiger partial charge in [-0.2, -0.15) is 4.31 Å². The summed E-state index contributed by atoms with van der Waals surface area (Å²) in [5.41, 5.74) is 0.278. The molecule has 2 N–H and O–H groups in total. The van der Waals surface area contributed by atoms with Gasteiger partial charge in [0, 0.05) is 32.4 Å². The second-order valence-corrected chi connectivity index (χ2v) is 9.69. The minimum Gasteiger partial charge on any atom is -0.467 e. The van der Waals surface area contributed by atoms with Crippen molar-refractivity contribution in [2.75, 3.05) is 26.2 Å². The fourth-order valence-corrected chi connectivity index (χ4v) is 5.51. The molecule has 2 aromatic heterocycles. The third kappa shape index (κ3) is 4.29. The van der Waals surface area contributed by atoms with Gasteiger partial charge in [0.25, 0.3) is 5.91 Å². The summed E-state index contributed by atoms with van der Waals surface area (Å²) in [7, 11) is -3.79. The Bertz CT molecular complexity index is 992. The fourth-order valence-electron chi connectivity index (χ4n) is 3.99. The molecule has 1 atom stereocenters. The average Bonchev–Trinajstić information content (AvgIpc) is 3.53. The molecule has 2 aliphatic heterocycles. The van der Waals surface area contributed by atoms with Crippen LogP contribution in [0.4, 0.5) is 0 Å². The number of sulfonamides is 1. The largest absolute Gasteiger partial charge is 0.467 e. The molecule has 30 heavy (non-hydrogen) atoms. The zero-order valence-corrected chi connectivity index (χ0v) is 17.5. The van der Waals surface area contributed by atoms with Crippen molar-refractivity contribution in [2.45, 2.75) is 37.1 Å². The number of furan rings is 1. The van der Waals surface area contributed by atoms with Crippen LogP contribution in [0, 0.1) is 5.92 Å². The number of carbonyl (C=O) groups excluding carboxylic acids is 2. The van der Waals surface area contributed by atoms with Crippen molar-refractivity contribution in [1.29, 1.82) is 0 Å². The van der Waals surface area contributed by atoms with Crippen LogP contribution in [-0.2, 0) is 21.4 Å². The van der Waals surface area contributed by atoms with Gasteiger partial charge in [-0.3, -0.25) is 9.59 Å². The van der Waals surface area contributed by atoms with Crippen molar-refractivity contribution in [3.8, 4) is 0 Å². The van der Waals surface area contributed by atoms with Crippen LogP contribution in [0.2, 0.25) is 0 Å². The van der Waals surface area contributed by atoms with Crippen molar-refractivity contribution >= 4 is 21.8 Å². The first-order chi connectivity index (χ1) is 14.4. The number of nitrogens with one attached hydrogen (secondary N) is 2. The van der Waals surface area contributed by atoms with Crippen LogP contribution in [0.25, 0.3) is 0 Å². The van der Waals surface area contributed by atoms with Crippen LogP contribution in [0.1, 0.15) is 41.9 Å². The smallest absolute Gasteiger partial charge is 0.270 e. The molecule has 2 amide bonds. The van der Waals surface area contributed by atoms with Crippen molar-refractivity contribution in [3.63, 3.8) is 0 Å². The Morgan fingerprint density at radius 1 is 1.20 bits per heavy atom. The van der Waals surface area contributed by atoms with Gasteiger partial charge in [0.2, 0.25) is 15.9 Å². The number of likely N-dealkylation sites (tertiary alicyclic amines) is 1. The fraction of sp³-hybridized carbons (Fsp3) is 0.500. The molecule has 0 radical (unpaired) electrons. The van der Waals surface area contributed by atoms with E-state index in [2.05, 4.69) is 10.3 Å². The lowest BCUT2D eigenvalue weighted by molar-refractivity contribution is -0.126. The molecule has 0 aromatic carbocycles.